The van der Waals surface area contributed by atoms with Crippen molar-refractivity contribution in [3.8, 4) is 0 Å². The van der Waals surface area contributed by atoms with Crippen LogP contribution in [0.4, 0.5) is 0 Å². The summed E-state index contributed by atoms with van der Waals surface area (Å²) in [5, 5.41) is 4.85. The van der Waals surface area contributed by atoms with E-state index in [-0.39, 0.29) is 18.5 Å². The summed E-state index contributed by atoms with van der Waals surface area (Å²) >= 11 is 1.65. The Kier molecular flexibility index (Phi) is 4.96. The van der Waals surface area contributed by atoms with Gasteiger partial charge >= 0.3 is 0 Å². The number of fused-ring (bicyclic) bond motifs is 1. The van der Waals surface area contributed by atoms with Crippen LogP contribution >= 0.6 is 11.3 Å². The van der Waals surface area contributed by atoms with E-state index >= 15 is 0 Å². The predicted molar refractivity (Wildman–Crippen MR) is 94.7 cm³/mol. The van der Waals surface area contributed by atoms with Crippen LogP contribution in [-0.2, 0) is 4.79 Å². The Morgan fingerprint density at radius 1 is 1.12 bits per heavy atom. The molecule has 0 radical (unpaired) electrons. The zero-order chi connectivity index (χ0) is 18.0. The van der Waals surface area contributed by atoms with Crippen molar-refractivity contribution in [3.05, 3.63) is 57.8 Å². The van der Waals surface area contributed by atoms with Crippen molar-refractivity contribution in [1.82, 2.24) is 10.2 Å². The van der Waals surface area contributed by atoms with Gasteiger partial charge in [-0.3, -0.25) is 19.3 Å². The van der Waals surface area contributed by atoms with Gasteiger partial charge in [0.2, 0.25) is 5.91 Å². The first kappa shape index (κ1) is 17.3. The Labute approximate surface area is 150 Å². The van der Waals surface area contributed by atoms with E-state index in [1.807, 2.05) is 31.6 Å². The third-order valence-electron chi connectivity index (χ3n) is 4.27. The number of rotatable bonds is 6. The van der Waals surface area contributed by atoms with Gasteiger partial charge in [-0.05, 0) is 23.6 Å². The van der Waals surface area contributed by atoms with Crippen LogP contribution in [0.15, 0.2) is 41.8 Å². The number of benzene rings is 1. The lowest BCUT2D eigenvalue weighted by Crippen LogP contribution is -3.06. The van der Waals surface area contributed by atoms with E-state index in [1.54, 1.807) is 35.6 Å². The number of imide groups is 1. The van der Waals surface area contributed by atoms with Crippen molar-refractivity contribution >= 4 is 29.1 Å². The van der Waals surface area contributed by atoms with Gasteiger partial charge < -0.3 is 10.2 Å². The molecule has 1 aromatic heterocycles. The van der Waals surface area contributed by atoms with Crippen molar-refractivity contribution in [1.29, 1.82) is 0 Å². The second-order valence-corrected chi connectivity index (χ2v) is 7.17. The van der Waals surface area contributed by atoms with Crippen LogP contribution in [0.25, 0.3) is 0 Å². The molecule has 25 heavy (non-hydrogen) atoms. The third-order valence-corrected chi connectivity index (χ3v) is 5.25. The molecule has 1 aromatic carbocycles. The second-order valence-electron chi connectivity index (χ2n) is 6.19. The summed E-state index contributed by atoms with van der Waals surface area (Å²) in [6.07, 6.45) is 0. The molecule has 0 fully saturated rings. The normalized spacial score (nSPS) is 14.8. The quantitative estimate of drug-likeness (QED) is 0.732. The van der Waals surface area contributed by atoms with E-state index in [4.69, 9.17) is 0 Å². The number of thiophene rings is 1. The summed E-state index contributed by atoms with van der Waals surface area (Å²) in [5.41, 5.74) is 0.712. The highest BCUT2D eigenvalue weighted by Crippen LogP contribution is 2.22. The standard InChI is InChI=1S/C18H19N3O3S/c1-20(2)14(15-8-5-9-25-15)10-19-16(22)11-21-17(23)12-6-3-4-7-13(12)18(21)24/h3-9,14H,10-11H2,1-2H3,(H,19,22)/p+1/t14-/m0/s1. The molecule has 0 bridgehead atoms. The summed E-state index contributed by atoms with van der Waals surface area (Å²) in [7, 11) is 4.06. The maximum Gasteiger partial charge on any atom is 0.262 e. The molecule has 2 N–H and O–H groups in total. The molecule has 0 aliphatic carbocycles. The molecule has 2 aromatic rings. The number of likely N-dealkylation sites (N-methyl/N-ethyl adjacent to an activating group) is 1. The van der Waals surface area contributed by atoms with Gasteiger partial charge in [-0.15, -0.1) is 11.3 Å². The van der Waals surface area contributed by atoms with Gasteiger partial charge in [-0.1, -0.05) is 18.2 Å². The molecule has 6 nitrogen and oxygen atoms in total. The van der Waals surface area contributed by atoms with E-state index in [0.29, 0.717) is 17.7 Å². The van der Waals surface area contributed by atoms with Gasteiger partial charge in [-0.2, -0.15) is 0 Å². The number of nitrogens with zero attached hydrogens (tertiary/aromatic N) is 1. The van der Waals surface area contributed by atoms with Gasteiger partial charge in [0.1, 0.15) is 12.6 Å². The van der Waals surface area contributed by atoms with Gasteiger partial charge in [-0.25, -0.2) is 0 Å². The number of quaternary nitrogens is 1. The summed E-state index contributed by atoms with van der Waals surface area (Å²) in [6.45, 7) is 0.192. The number of amides is 3. The lowest BCUT2D eigenvalue weighted by molar-refractivity contribution is -0.890. The van der Waals surface area contributed by atoms with Crippen LogP contribution in [0, 0.1) is 0 Å². The Bertz CT molecular complexity index is 767. The molecule has 3 amide bonds. The molecule has 0 saturated heterocycles. The van der Waals surface area contributed by atoms with Gasteiger partial charge in [0.25, 0.3) is 11.8 Å². The first-order valence-corrected chi connectivity index (χ1v) is 8.92. The second kappa shape index (κ2) is 7.16. The fourth-order valence-electron chi connectivity index (χ4n) is 2.88. The molecule has 3 rings (SSSR count). The zero-order valence-electron chi connectivity index (χ0n) is 14.1. The van der Waals surface area contributed by atoms with Crippen LogP contribution in [0.5, 0.6) is 0 Å². The fourth-order valence-corrected chi connectivity index (χ4v) is 3.83. The maximum absolute atomic E-state index is 12.3. The average Bonchev–Trinajstić information content (AvgIpc) is 3.19. The maximum atomic E-state index is 12.3. The molecule has 2 heterocycles. The third kappa shape index (κ3) is 3.47. The van der Waals surface area contributed by atoms with E-state index in [2.05, 4.69) is 5.32 Å². The van der Waals surface area contributed by atoms with E-state index in [1.165, 1.54) is 9.78 Å². The summed E-state index contributed by atoms with van der Waals surface area (Å²) in [6, 6.07) is 10.8. The molecule has 7 heteroatoms. The smallest absolute Gasteiger partial charge is 0.262 e. The number of nitrogens with one attached hydrogen (secondary N) is 2. The lowest BCUT2D eigenvalue weighted by Gasteiger charge is -2.21. The summed E-state index contributed by atoms with van der Waals surface area (Å²) in [4.78, 5) is 40.3. The molecular formula is C18H20N3O3S+. The molecule has 130 valence electrons. The minimum absolute atomic E-state index is 0.131. The Balaban J connectivity index is 1.62. The zero-order valence-corrected chi connectivity index (χ0v) is 14.9. The monoisotopic (exact) mass is 358 g/mol. The summed E-state index contributed by atoms with van der Waals surface area (Å²) < 4.78 is 0. The van der Waals surface area contributed by atoms with Crippen LogP contribution < -0.4 is 10.2 Å². The van der Waals surface area contributed by atoms with E-state index < -0.39 is 11.8 Å². The Hall–Kier alpha value is -2.51. The lowest BCUT2D eigenvalue weighted by atomic mass is 10.1. The van der Waals surface area contributed by atoms with Crippen molar-refractivity contribution in [2.45, 2.75) is 6.04 Å². The first-order valence-electron chi connectivity index (χ1n) is 8.04. The van der Waals surface area contributed by atoms with Gasteiger partial charge in [0.05, 0.1) is 36.6 Å². The van der Waals surface area contributed by atoms with E-state index in [9.17, 15) is 14.4 Å². The van der Waals surface area contributed by atoms with Crippen LogP contribution in [0.2, 0.25) is 0 Å². The SMILES string of the molecule is C[NH+](C)[C@@H](CNC(=O)CN1C(=O)c2ccccc2C1=O)c1cccs1. The van der Waals surface area contributed by atoms with Crippen LogP contribution in [-0.4, -0.2) is 49.8 Å². The Morgan fingerprint density at radius 2 is 1.76 bits per heavy atom. The highest BCUT2D eigenvalue weighted by molar-refractivity contribution is 7.10. The molecule has 1 aliphatic rings. The van der Waals surface area contributed by atoms with Crippen LogP contribution in [0.1, 0.15) is 31.6 Å². The topological polar surface area (TPSA) is 70.9 Å². The molecule has 0 unspecified atom stereocenters. The molecule has 0 spiro atoms. The van der Waals surface area contributed by atoms with Gasteiger partial charge in [0, 0.05) is 0 Å². The Morgan fingerprint density at radius 3 is 2.28 bits per heavy atom. The molecule has 1 atom stereocenters. The highest BCUT2D eigenvalue weighted by Gasteiger charge is 2.36. The fraction of sp³-hybridized carbons (Fsp3) is 0.278. The van der Waals surface area contributed by atoms with Crippen molar-refractivity contribution in [2.24, 2.45) is 0 Å². The largest absolute Gasteiger partial charge is 0.348 e. The number of carbonyl (C=O) groups excluding carboxylic acids is 3. The highest BCUT2D eigenvalue weighted by atomic mass is 32.1. The first-order chi connectivity index (χ1) is 12.0. The van der Waals surface area contributed by atoms with Crippen molar-refractivity contribution in [2.75, 3.05) is 27.2 Å². The van der Waals surface area contributed by atoms with Crippen molar-refractivity contribution < 1.29 is 19.3 Å². The number of carbonyl (C=O) groups is 3. The molecule has 0 saturated carbocycles. The summed E-state index contributed by atoms with van der Waals surface area (Å²) in [5.74, 6) is -1.16. The van der Waals surface area contributed by atoms with Gasteiger partial charge in [0.15, 0.2) is 0 Å². The van der Waals surface area contributed by atoms with E-state index in [0.717, 1.165) is 4.90 Å². The van der Waals surface area contributed by atoms with Crippen LogP contribution in [0.3, 0.4) is 0 Å². The minimum Gasteiger partial charge on any atom is -0.348 e. The van der Waals surface area contributed by atoms with Crippen molar-refractivity contribution in [3.63, 3.8) is 0 Å². The molecule has 1 aliphatic heterocycles. The minimum atomic E-state index is -0.413. The predicted octanol–water partition coefficient (Wildman–Crippen LogP) is 0.346. The average molecular weight is 358 g/mol. The number of hydrogen-bond donors (Lipinski definition) is 2. The molecular weight excluding hydrogens is 338 g/mol. The number of hydrogen-bond acceptors (Lipinski definition) is 4.